The summed E-state index contributed by atoms with van der Waals surface area (Å²) >= 11 is 0. The van der Waals surface area contributed by atoms with Crippen molar-refractivity contribution in [3.8, 4) is 17.1 Å². The molecule has 2 atom stereocenters. The number of amides is 1. The number of aromatic nitrogens is 4. The van der Waals surface area contributed by atoms with E-state index < -0.39 is 17.7 Å². The Kier molecular flexibility index (Phi) is 8.06. The van der Waals surface area contributed by atoms with Gasteiger partial charge in [-0.15, -0.1) is 5.10 Å². The number of pyridine rings is 1. The number of carbonyl (C=O) groups excluding carboxylic acids is 1. The molecule has 1 amide bonds. The number of rotatable bonds is 9. The highest BCUT2D eigenvalue weighted by Gasteiger charge is 2.28. The van der Waals surface area contributed by atoms with Crippen LogP contribution in [-0.4, -0.2) is 67.4 Å². The molecule has 186 valence electrons. The summed E-state index contributed by atoms with van der Waals surface area (Å²) in [4.78, 5) is 29.3. The summed E-state index contributed by atoms with van der Waals surface area (Å²) in [5.41, 5.74) is 0.193. The molecule has 2 aromatic rings. The minimum absolute atomic E-state index is 0.0698. The third kappa shape index (κ3) is 6.88. The van der Waals surface area contributed by atoms with E-state index in [1.807, 2.05) is 0 Å². The highest BCUT2D eigenvalue weighted by atomic mass is 19.1. The number of nitrogens with zero attached hydrogens (tertiary/aromatic N) is 5. The van der Waals surface area contributed by atoms with Gasteiger partial charge < -0.3 is 19.5 Å². The number of halogens is 1. The van der Waals surface area contributed by atoms with E-state index in [9.17, 15) is 19.1 Å². The zero-order valence-corrected chi connectivity index (χ0v) is 20.0. The van der Waals surface area contributed by atoms with Crippen LogP contribution in [0.3, 0.4) is 0 Å². The van der Waals surface area contributed by atoms with E-state index >= 15 is 0 Å². The molecule has 1 saturated carbocycles. The maximum absolute atomic E-state index is 13.7. The first-order chi connectivity index (χ1) is 16.0. The Morgan fingerprint density at radius 3 is 2.74 bits per heavy atom. The van der Waals surface area contributed by atoms with E-state index in [0.717, 1.165) is 12.8 Å². The first-order valence-corrected chi connectivity index (χ1v) is 11.3. The van der Waals surface area contributed by atoms with E-state index in [4.69, 9.17) is 9.47 Å². The van der Waals surface area contributed by atoms with Gasteiger partial charge in [0.05, 0.1) is 23.9 Å². The van der Waals surface area contributed by atoms with Crippen molar-refractivity contribution in [3.05, 3.63) is 24.0 Å². The van der Waals surface area contributed by atoms with Crippen molar-refractivity contribution < 1.29 is 28.6 Å². The highest BCUT2D eigenvalue weighted by molar-refractivity contribution is 5.70. The maximum Gasteiger partial charge on any atom is 0.409 e. The fourth-order valence-corrected chi connectivity index (χ4v) is 3.76. The Morgan fingerprint density at radius 2 is 2.09 bits per heavy atom. The van der Waals surface area contributed by atoms with Crippen molar-refractivity contribution >= 4 is 12.1 Å². The van der Waals surface area contributed by atoms with Crippen LogP contribution >= 0.6 is 0 Å². The zero-order valence-electron chi connectivity index (χ0n) is 20.0. The number of hydrogen-bond donors (Lipinski definition) is 1. The van der Waals surface area contributed by atoms with Crippen LogP contribution in [0.25, 0.3) is 11.4 Å². The zero-order chi connectivity index (χ0) is 24.9. The van der Waals surface area contributed by atoms with Crippen molar-refractivity contribution in [2.24, 2.45) is 13.0 Å². The molecule has 3 rings (SSSR count). The summed E-state index contributed by atoms with van der Waals surface area (Å²) in [6.45, 7) is 3.09. The fraction of sp³-hybridized carbons (Fsp3) is 0.609. The summed E-state index contributed by atoms with van der Waals surface area (Å²) in [6.07, 6.45) is 3.82. The van der Waals surface area contributed by atoms with Crippen molar-refractivity contribution in [1.82, 2.24) is 24.9 Å². The smallest absolute Gasteiger partial charge is 0.409 e. The molecule has 0 bridgehead atoms. The molecule has 2 aromatic heterocycles. The van der Waals surface area contributed by atoms with Crippen LogP contribution in [0.15, 0.2) is 18.3 Å². The molecule has 0 unspecified atom stereocenters. The number of hydrogen-bond acceptors (Lipinski definition) is 7. The van der Waals surface area contributed by atoms with Crippen molar-refractivity contribution in [3.63, 3.8) is 0 Å². The molecule has 11 heteroatoms. The standard InChI is InChI=1S/C23H32FN5O5/c1-23(2,24)10-11-28(3)22(32)33-14-19-20(26-27-29(19)4)18-9-8-17(13-25-18)34-16-7-5-6-15(12-16)21(30)31/h8-9,13,15-16H,5-7,10-12,14H2,1-4H3,(H,30,31)/t15-,16-/m0/s1. The predicted octanol–water partition coefficient (Wildman–Crippen LogP) is 3.61. The Bertz CT molecular complexity index is 989. The number of carbonyl (C=O) groups is 2. The summed E-state index contributed by atoms with van der Waals surface area (Å²) in [6, 6.07) is 3.49. The predicted molar refractivity (Wildman–Crippen MR) is 121 cm³/mol. The van der Waals surface area contributed by atoms with Crippen LogP contribution in [0.4, 0.5) is 9.18 Å². The van der Waals surface area contributed by atoms with Gasteiger partial charge >= 0.3 is 12.1 Å². The van der Waals surface area contributed by atoms with Crippen LogP contribution in [0.1, 0.15) is 51.6 Å². The molecular formula is C23H32FN5O5. The van der Waals surface area contributed by atoms with Crippen LogP contribution in [-0.2, 0) is 23.2 Å². The van der Waals surface area contributed by atoms with Gasteiger partial charge in [0.15, 0.2) is 0 Å². The van der Waals surface area contributed by atoms with Crippen LogP contribution in [0.5, 0.6) is 5.75 Å². The fourth-order valence-electron chi connectivity index (χ4n) is 3.76. The molecule has 10 nitrogen and oxygen atoms in total. The first-order valence-electron chi connectivity index (χ1n) is 11.3. The van der Waals surface area contributed by atoms with E-state index in [2.05, 4.69) is 15.3 Å². The second-order valence-corrected chi connectivity index (χ2v) is 9.27. The summed E-state index contributed by atoms with van der Waals surface area (Å²) < 4.78 is 26.5. The minimum Gasteiger partial charge on any atom is -0.489 e. The SMILES string of the molecule is CN(CCC(C)(C)F)C(=O)OCc1c(-c2ccc(O[C@H]3CCC[C@H](C(=O)O)C3)cn2)nnn1C. The third-order valence-electron chi connectivity index (χ3n) is 5.89. The molecular weight excluding hydrogens is 445 g/mol. The quantitative estimate of drug-likeness (QED) is 0.582. The normalized spacial score (nSPS) is 18.4. The van der Waals surface area contributed by atoms with Crippen LogP contribution in [0, 0.1) is 5.92 Å². The van der Waals surface area contributed by atoms with Crippen LogP contribution in [0.2, 0.25) is 0 Å². The number of aliphatic carboxylic acids is 1. The third-order valence-corrected chi connectivity index (χ3v) is 5.89. The highest BCUT2D eigenvalue weighted by Crippen LogP contribution is 2.29. The molecule has 2 heterocycles. The lowest BCUT2D eigenvalue weighted by atomic mass is 9.87. The minimum atomic E-state index is -1.37. The molecule has 1 N–H and O–H groups in total. The molecule has 0 aromatic carbocycles. The maximum atomic E-state index is 13.7. The van der Waals surface area contributed by atoms with Crippen molar-refractivity contribution in [2.75, 3.05) is 13.6 Å². The van der Waals surface area contributed by atoms with Crippen molar-refractivity contribution in [2.45, 2.75) is 64.3 Å². The second-order valence-electron chi connectivity index (χ2n) is 9.27. The lowest BCUT2D eigenvalue weighted by Gasteiger charge is -2.27. The van der Waals surface area contributed by atoms with Gasteiger partial charge in [-0.25, -0.2) is 13.9 Å². The van der Waals surface area contributed by atoms with Gasteiger partial charge in [0.2, 0.25) is 0 Å². The molecule has 0 radical (unpaired) electrons. The van der Waals surface area contributed by atoms with Gasteiger partial charge in [-0.1, -0.05) is 5.21 Å². The van der Waals surface area contributed by atoms with Crippen LogP contribution < -0.4 is 4.74 Å². The van der Waals surface area contributed by atoms with Gasteiger partial charge in [-0.05, 0) is 58.1 Å². The van der Waals surface area contributed by atoms with Gasteiger partial charge in [-0.3, -0.25) is 9.78 Å². The van der Waals surface area contributed by atoms with E-state index in [-0.39, 0.29) is 31.6 Å². The average Bonchev–Trinajstić information content (AvgIpc) is 3.16. The summed E-state index contributed by atoms with van der Waals surface area (Å²) in [5.74, 6) is -0.609. The first kappa shape index (κ1) is 25.4. The average molecular weight is 478 g/mol. The Hall–Kier alpha value is -3.24. The number of carboxylic acid groups (broad SMARTS) is 1. The molecule has 0 aliphatic heterocycles. The molecule has 34 heavy (non-hydrogen) atoms. The molecule has 1 fully saturated rings. The van der Waals surface area contributed by atoms with E-state index in [1.165, 1.54) is 23.4 Å². The lowest BCUT2D eigenvalue weighted by molar-refractivity contribution is -0.143. The molecule has 0 saturated heterocycles. The van der Waals surface area contributed by atoms with E-state index in [1.54, 1.807) is 32.4 Å². The van der Waals surface area contributed by atoms with Gasteiger partial charge in [-0.2, -0.15) is 0 Å². The number of alkyl halides is 1. The molecule has 1 aliphatic carbocycles. The van der Waals surface area contributed by atoms with E-state index in [0.29, 0.717) is 35.7 Å². The molecule has 1 aliphatic rings. The van der Waals surface area contributed by atoms with Crippen molar-refractivity contribution in [1.29, 1.82) is 0 Å². The lowest BCUT2D eigenvalue weighted by Crippen LogP contribution is -2.31. The number of carboxylic acids is 1. The Morgan fingerprint density at radius 1 is 1.32 bits per heavy atom. The number of ether oxygens (including phenoxy) is 2. The van der Waals surface area contributed by atoms with Gasteiger partial charge in [0.25, 0.3) is 0 Å². The largest absolute Gasteiger partial charge is 0.489 e. The summed E-state index contributed by atoms with van der Waals surface area (Å²) in [7, 11) is 3.25. The Labute approximate surface area is 198 Å². The van der Waals surface area contributed by atoms with Gasteiger partial charge in [0.1, 0.15) is 29.4 Å². The second kappa shape index (κ2) is 10.8. The number of aryl methyl sites for hydroxylation is 1. The summed E-state index contributed by atoms with van der Waals surface area (Å²) in [5, 5.41) is 17.4. The topological polar surface area (TPSA) is 120 Å². The Balaban J connectivity index is 1.60. The molecule has 0 spiro atoms. The monoisotopic (exact) mass is 477 g/mol. The van der Waals surface area contributed by atoms with Gasteiger partial charge in [0, 0.05) is 20.6 Å².